The Hall–Kier alpha value is -5.95. The van der Waals surface area contributed by atoms with Gasteiger partial charge < -0.3 is 35.1 Å². The summed E-state index contributed by atoms with van der Waals surface area (Å²) >= 11 is 7.21. The zero-order chi connectivity index (χ0) is 39.1. The third kappa shape index (κ3) is 7.14. The van der Waals surface area contributed by atoms with Crippen LogP contribution in [0.5, 0.6) is 17.2 Å². The van der Waals surface area contributed by atoms with Crippen LogP contribution in [0.4, 0.5) is 30.5 Å². The van der Waals surface area contributed by atoms with E-state index in [-0.39, 0.29) is 46.2 Å². The molecule has 2 aromatic heterocycles. The smallest absolute Gasteiger partial charge is 0.418 e. The SMILES string of the molecule is COc1ccc(CN(Cc2ccc(OC)cc2)c2cc(C)c(C(F)(F)F)c(-c3cc4c5c(c3Cl)NCN=C5N(C(c3cccnc3N)C3CC3)C=CO4)n2)cc1. The molecule has 1 unspecified atom stereocenters. The summed E-state index contributed by atoms with van der Waals surface area (Å²) in [5.41, 5.74) is 8.86. The van der Waals surface area contributed by atoms with Crippen molar-refractivity contribution in [1.82, 2.24) is 14.9 Å². The van der Waals surface area contributed by atoms with Gasteiger partial charge in [-0.1, -0.05) is 41.9 Å². The van der Waals surface area contributed by atoms with Crippen molar-refractivity contribution in [3.05, 3.63) is 130 Å². The molecular formula is C42H39ClF3N7O3. The summed E-state index contributed by atoms with van der Waals surface area (Å²) in [4.78, 5) is 17.9. The zero-order valence-corrected chi connectivity index (χ0v) is 31.7. The molecule has 2 aliphatic heterocycles. The molecule has 4 heterocycles. The minimum Gasteiger partial charge on any atom is -0.497 e. The van der Waals surface area contributed by atoms with Crippen LogP contribution >= 0.6 is 11.6 Å². The van der Waals surface area contributed by atoms with Crippen LogP contribution in [0, 0.1) is 12.8 Å². The van der Waals surface area contributed by atoms with E-state index in [9.17, 15) is 0 Å². The lowest BCUT2D eigenvalue weighted by Crippen LogP contribution is -2.35. The first kappa shape index (κ1) is 37.0. The van der Waals surface area contributed by atoms with E-state index in [1.807, 2.05) is 70.5 Å². The number of alkyl halides is 3. The number of nitrogens with two attached hydrogens (primary N) is 1. The van der Waals surface area contributed by atoms with E-state index in [2.05, 4.69) is 10.3 Å². The summed E-state index contributed by atoms with van der Waals surface area (Å²) in [5.74, 6) is 3.26. The third-order valence-electron chi connectivity index (χ3n) is 10.3. The molecule has 14 heteroatoms. The number of hydrogen-bond acceptors (Lipinski definition) is 10. The first-order valence-electron chi connectivity index (χ1n) is 18.1. The maximum Gasteiger partial charge on any atom is 0.418 e. The van der Waals surface area contributed by atoms with Crippen LogP contribution in [-0.2, 0) is 19.3 Å². The molecular weight excluding hydrogens is 743 g/mol. The standard InChI is InChI=1S/C42H39ClF3N7O3/c1-24-19-33(52(21-25-6-12-28(54-2)13-7-25)22-26-8-14-29(55-3)15-9-26)51-37(35(24)42(44,45)46)31-20-32-34-38(36(31)43)49-23-50-41(34)53(17-18-56-32)39(27-10-11-27)30-5-4-16-48-40(30)47/h4-9,12-20,27,39,49H,10-11,21-23H2,1-3H3,(H2,47,48). The van der Waals surface area contributed by atoms with Crippen molar-refractivity contribution in [2.24, 2.45) is 10.9 Å². The van der Waals surface area contributed by atoms with Crippen LogP contribution in [0.3, 0.4) is 0 Å². The van der Waals surface area contributed by atoms with E-state index in [1.165, 1.54) is 25.3 Å². The van der Waals surface area contributed by atoms with Crippen molar-refractivity contribution in [3.63, 3.8) is 0 Å². The van der Waals surface area contributed by atoms with Gasteiger partial charge in [0.1, 0.15) is 47.7 Å². The molecule has 0 radical (unpaired) electrons. The fourth-order valence-corrected chi connectivity index (χ4v) is 7.75. The number of amidine groups is 1. The Bertz CT molecular complexity index is 2280. The van der Waals surface area contributed by atoms with E-state index < -0.39 is 11.7 Å². The number of aliphatic imine (C=N–C) groups is 1. The van der Waals surface area contributed by atoms with Crippen LogP contribution in [0.15, 0.2) is 96.4 Å². The molecule has 8 rings (SSSR count). The molecule has 1 fully saturated rings. The van der Waals surface area contributed by atoms with Crippen molar-refractivity contribution in [3.8, 4) is 28.5 Å². The Morgan fingerprint density at radius 2 is 1.66 bits per heavy atom. The Morgan fingerprint density at radius 1 is 1.00 bits per heavy atom. The number of aryl methyl sites for hydroxylation is 1. The van der Waals surface area contributed by atoms with Gasteiger partial charge in [0, 0.05) is 36.6 Å². The van der Waals surface area contributed by atoms with E-state index >= 15 is 13.2 Å². The molecule has 3 aliphatic rings. The number of hydrogen-bond donors (Lipinski definition) is 2. The fraction of sp³-hybridized carbons (Fsp3) is 0.262. The van der Waals surface area contributed by atoms with Gasteiger partial charge in [-0.3, -0.25) is 0 Å². The van der Waals surface area contributed by atoms with Gasteiger partial charge in [-0.15, -0.1) is 0 Å². The molecule has 3 N–H and O–H groups in total. The monoisotopic (exact) mass is 781 g/mol. The molecule has 0 bridgehead atoms. The minimum atomic E-state index is -4.76. The maximum atomic E-state index is 15.2. The second-order valence-corrected chi connectivity index (χ2v) is 14.3. The highest BCUT2D eigenvalue weighted by Crippen LogP contribution is 2.51. The average Bonchev–Trinajstić information content (AvgIpc) is 4.05. The second-order valence-electron chi connectivity index (χ2n) is 13.9. The van der Waals surface area contributed by atoms with Crippen molar-refractivity contribution >= 4 is 34.8 Å². The first-order chi connectivity index (χ1) is 27.0. The van der Waals surface area contributed by atoms with Gasteiger partial charge in [-0.05, 0) is 84.8 Å². The molecule has 0 amide bonds. The minimum absolute atomic E-state index is 0.00449. The van der Waals surface area contributed by atoms with Crippen LogP contribution < -0.4 is 30.2 Å². The van der Waals surface area contributed by atoms with Gasteiger partial charge in [0.2, 0.25) is 0 Å². The van der Waals surface area contributed by atoms with E-state index in [0.29, 0.717) is 53.3 Å². The highest BCUT2D eigenvalue weighted by molar-refractivity contribution is 6.37. The maximum absolute atomic E-state index is 15.2. The van der Waals surface area contributed by atoms with E-state index in [0.717, 1.165) is 29.5 Å². The topological polar surface area (TPSA) is 110 Å². The van der Waals surface area contributed by atoms with Gasteiger partial charge in [0.05, 0.1) is 47.8 Å². The highest BCUT2D eigenvalue weighted by atomic mass is 35.5. The Kier molecular flexibility index (Phi) is 9.87. The molecule has 1 saturated carbocycles. The number of nitrogens with zero attached hydrogens (tertiary/aromatic N) is 5. The molecule has 5 aromatic rings. The number of anilines is 3. The lowest BCUT2D eigenvalue weighted by atomic mass is 9.95. The third-order valence-corrected chi connectivity index (χ3v) is 10.7. The summed E-state index contributed by atoms with van der Waals surface area (Å²) in [5, 5.41) is 3.29. The average molecular weight is 782 g/mol. The number of nitrogens with one attached hydrogen (secondary N) is 1. The number of ether oxygens (including phenoxy) is 3. The highest BCUT2D eigenvalue weighted by Gasteiger charge is 2.42. The lowest BCUT2D eigenvalue weighted by Gasteiger charge is -2.34. The van der Waals surface area contributed by atoms with Crippen LogP contribution in [0.2, 0.25) is 5.02 Å². The molecule has 288 valence electrons. The summed E-state index contributed by atoms with van der Waals surface area (Å²) < 4.78 is 62.4. The Labute approximate surface area is 327 Å². The lowest BCUT2D eigenvalue weighted by molar-refractivity contribution is -0.137. The largest absolute Gasteiger partial charge is 0.497 e. The quantitative estimate of drug-likeness (QED) is 0.136. The number of nitrogen functional groups attached to an aromatic ring is 1. The van der Waals surface area contributed by atoms with Crippen LogP contribution in [-0.4, -0.2) is 41.6 Å². The molecule has 3 aromatic carbocycles. The molecule has 1 atom stereocenters. The van der Waals surface area contributed by atoms with Crippen LogP contribution in [0.1, 0.15) is 52.3 Å². The van der Waals surface area contributed by atoms with Crippen molar-refractivity contribution in [2.45, 2.75) is 45.1 Å². The summed E-state index contributed by atoms with van der Waals surface area (Å²) in [7, 11) is 3.18. The Morgan fingerprint density at radius 3 is 2.25 bits per heavy atom. The van der Waals surface area contributed by atoms with Crippen molar-refractivity contribution < 1.29 is 27.4 Å². The van der Waals surface area contributed by atoms with E-state index in [1.54, 1.807) is 26.6 Å². The summed E-state index contributed by atoms with van der Waals surface area (Å²) in [6.45, 7) is 2.25. The number of benzene rings is 3. The number of methoxy groups -OCH3 is 2. The molecule has 0 saturated heterocycles. The Balaban J connectivity index is 1.25. The number of aromatic nitrogens is 2. The predicted molar refractivity (Wildman–Crippen MR) is 211 cm³/mol. The number of halogens is 4. The molecule has 0 spiro atoms. The van der Waals surface area contributed by atoms with Crippen molar-refractivity contribution in [2.75, 3.05) is 36.8 Å². The van der Waals surface area contributed by atoms with E-state index in [4.69, 9.17) is 41.5 Å². The van der Waals surface area contributed by atoms with Gasteiger partial charge in [-0.25, -0.2) is 15.0 Å². The molecule has 56 heavy (non-hydrogen) atoms. The van der Waals surface area contributed by atoms with Crippen LogP contribution in [0.25, 0.3) is 11.3 Å². The fourth-order valence-electron chi connectivity index (χ4n) is 7.45. The van der Waals surface area contributed by atoms with Crippen molar-refractivity contribution in [1.29, 1.82) is 0 Å². The zero-order valence-electron chi connectivity index (χ0n) is 30.9. The molecule has 10 nitrogen and oxygen atoms in total. The molecule has 1 aliphatic carbocycles. The summed E-state index contributed by atoms with van der Waals surface area (Å²) in [6.07, 6.45) is 2.18. The number of rotatable bonds is 11. The summed E-state index contributed by atoms with van der Waals surface area (Å²) in [6, 6.07) is 21.7. The van der Waals surface area contributed by atoms with Gasteiger partial charge in [0.25, 0.3) is 0 Å². The van der Waals surface area contributed by atoms with Gasteiger partial charge >= 0.3 is 6.18 Å². The van der Waals surface area contributed by atoms with Gasteiger partial charge in [-0.2, -0.15) is 13.2 Å². The van der Waals surface area contributed by atoms with Gasteiger partial charge in [0.15, 0.2) is 0 Å². The first-order valence-corrected chi connectivity index (χ1v) is 18.5. The number of pyridine rings is 2. The predicted octanol–water partition coefficient (Wildman–Crippen LogP) is 9.38. The normalized spacial score (nSPS) is 15.2. The second kappa shape index (κ2) is 14.9.